The zero-order valence-electron chi connectivity index (χ0n) is 25.3. The molecule has 0 amide bonds. The lowest BCUT2D eigenvalue weighted by molar-refractivity contribution is 0.669. The van der Waals surface area contributed by atoms with E-state index in [1.807, 2.05) is 72.8 Å². The van der Waals surface area contributed by atoms with Gasteiger partial charge in [0, 0.05) is 27.5 Å². The molecule has 2 heterocycles. The normalized spacial score (nSPS) is 11.4. The van der Waals surface area contributed by atoms with Crippen LogP contribution in [0, 0.1) is 0 Å². The zero-order chi connectivity index (χ0) is 31.2. The van der Waals surface area contributed by atoms with Gasteiger partial charge >= 0.3 is 0 Å². The summed E-state index contributed by atoms with van der Waals surface area (Å²) in [4.78, 5) is 14.9. The lowest BCUT2D eigenvalue weighted by Crippen LogP contribution is -2.00. The van der Waals surface area contributed by atoms with Crippen LogP contribution in [-0.2, 0) is 0 Å². The Kier molecular flexibility index (Phi) is 6.43. The van der Waals surface area contributed by atoms with Crippen LogP contribution in [0.4, 0.5) is 0 Å². The number of hydrogen-bond donors (Lipinski definition) is 0. The highest BCUT2D eigenvalue weighted by Gasteiger charge is 2.17. The van der Waals surface area contributed by atoms with E-state index in [1.165, 1.54) is 11.1 Å². The minimum Gasteiger partial charge on any atom is -0.456 e. The molecule has 0 aliphatic heterocycles. The highest BCUT2D eigenvalue weighted by molar-refractivity contribution is 6.13. The summed E-state index contributed by atoms with van der Waals surface area (Å²) in [6.07, 6.45) is 0. The van der Waals surface area contributed by atoms with Gasteiger partial charge in [0.15, 0.2) is 17.5 Å². The van der Waals surface area contributed by atoms with Gasteiger partial charge < -0.3 is 4.42 Å². The number of furan rings is 1. The molecule has 4 heteroatoms. The second-order valence-corrected chi connectivity index (χ2v) is 11.6. The van der Waals surface area contributed by atoms with Crippen molar-refractivity contribution in [1.82, 2.24) is 15.0 Å². The molecule has 0 unspecified atom stereocenters. The Hall–Kier alpha value is -6.39. The van der Waals surface area contributed by atoms with Crippen molar-refractivity contribution in [2.45, 2.75) is 0 Å². The Morgan fingerprint density at radius 3 is 1.53 bits per heavy atom. The molecule has 2 aromatic heterocycles. The van der Waals surface area contributed by atoms with Crippen LogP contribution in [0.25, 0.3) is 89.1 Å². The summed E-state index contributed by atoms with van der Waals surface area (Å²) < 4.78 is 6.47. The van der Waals surface area contributed by atoms with Crippen LogP contribution in [-0.4, -0.2) is 15.0 Å². The van der Waals surface area contributed by atoms with E-state index in [9.17, 15) is 0 Å². The van der Waals surface area contributed by atoms with Gasteiger partial charge in [0.1, 0.15) is 11.2 Å². The van der Waals surface area contributed by atoms with Crippen molar-refractivity contribution in [3.8, 4) is 56.4 Å². The van der Waals surface area contributed by atoms with Gasteiger partial charge in [-0.2, -0.15) is 0 Å². The predicted molar refractivity (Wildman–Crippen MR) is 192 cm³/mol. The average molecular weight is 602 g/mol. The molecular formula is C43H27N3O. The summed E-state index contributed by atoms with van der Waals surface area (Å²) in [6, 6.07) is 56.3. The lowest BCUT2D eigenvalue weighted by Gasteiger charge is -2.13. The first-order chi connectivity index (χ1) is 23.3. The lowest BCUT2D eigenvalue weighted by atomic mass is 9.93. The van der Waals surface area contributed by atoms with Crippen molar-refractivity contribution in [2.75, 3.05) is 0 Å². The third-order valence-electron chi connectivity index (χ3n) is 8.76. The summed E-state index contributed by atoms with van der Waals surface area (Å²) in [6.45, 7) is 0. The van der Waals surface area contributed by atoms with E-state index in [-0.39, 0.29) is 0 Å². The van der Waals surface area contributed by atoms with Crippen molar-refractivity contribution >= 4 is 32.7 Å². The number of hydrogen-bond acceptors (Lipinski definition) is 4. The Bertz CT molecular complexity index is 2500. The molecule has 0 saturated heterocycles. The summed E-state index contributed by atoms with van der Waals surface area (Å²) in [7, 11) is 0. The first kappa shape index (κ1) is 27.0. The molecule has 220 valence electrons. The van der Waals surface area contributed by atoms with Gasteiger partial charge in [-0.05, 0) is 57.3 Å². The van der Waals surface area contributed by atoms with E-state index in [2.05, 4.69) is 91.0 Å². The minimum atomic E-state index is 0.640. The molecule has 0 fully saturated rings. The Labute approximate surface area is 271 Å². The maximum atomic E-state index is 6.47. The summed E-state index contributed by atoms with van der Waals surface area (Å²) in [5.74, 6) is 1.93. The maximum absolute atomic E-state index is 6.47. The summed E-state index contributed by atoms with van der Waals surface area (Å²) >= 11 is 0. The van der Waals surface area contributed by atoms with Gasteiger partial charge in [0.2, 0.25) is 0 Å². The highest BCUT2D eigenvalue weighted by Crippen LogP contribution is 2.40. The molecule has 0 saturated carbocycles. The number of benzene rings is 7. The quantitative estimate of drug-likeness (QED) is 0.197. The molecule has 0 spiro atoms. The topological polar surface area (TPSA) is 51.8 Å². The summed E-state index contributed by atoms with van der Waals surface area (Å²) in [5.41, 5.74) is 9.17. The van der Waals surface area contributed by atoms with Gasteiger partial charge in [-0.1, -0.05) is 140 Å². The van der Waals surface area contributed by atoms with Gasteiger partial charge in [-0.3, -0.25) is 0 Å². The second-order valence-electron chi connectivity index (χ2n) is 11.6. The highest BCUT2D eigenvalue weighted by atomic mass is 16.3. The molecule has 0 aliphatic carbocycles. The fourth-order valence-corrected chi connectivity index (χ4v) is 6.53. The van der Waals surface area contributed by atoms with Crippen molar-refractivity contribution in [1.29, 1.82) is 0 Å². The van der Waals surface area contributed by atoms with E-state index in [0.717, 1.165) is 60.5 Å². The molecule has 9 rings (SSSR count). The van der Waals surface area contributed by atoms with E-state index in [4.69, 9.17) is 19.4 Å². The monoisotopic (exact) mass is 601 g/mol. The van der Waals surface area contributed by atoms with Crippen molar-refractivity contribution < 1.29 is 4.42 Å². The van der Waals surface area contributed by atoms with Crippen LogP contribution in [0.3, 0.4) is 0 Å². The van der Waals surface area contributed by atoms with E-state index in [0.29, 0.717) is 17.5 Å². The zero-order valence-corrected chi connectivity index (χ0v) is 25.3. The van der Waals surface area contributed by atoms with Crippen LogP contribution in [0.2, 0.25) is 0 Å². The van der Waals surface area contributed by atoms with E-state index >= 15 is 0 Å². The molecule has 9 aromatic rings. The SMILES string of the molecule is c1ccc(-c2nc(-c3ccccc3)nc(-c3ccc(-c4ccc5c(c4)oc4cccc(-c6ccccc6)c45)c4ccccc34)n2)cc1. The molecule has 0 bridgehead atoms. The van der Waals surface area contributed by atoms with Crippen molar-refractivity contribution in [3.63, 3.8) is 0 Å². The van der Waals surface area contributed by atoms with Crippen molar-refractivity contribution in [2.24, 2.45) is 0 Å². The Morgan fingerprint density at radius 1 is 0.319 bits per heavy atom. The minimum absolute atomic E-state index is 0.640. The second kappa shape index (κ2) is 11.2. The molecule has 47 heavy (non-hydrogen) atoms. The third-order valence-corrected chi connectivity index (χ3v) is 8.76. The van der Waals surface area contributed by atoms with Crippen LogP contribution in [0.5, 0.6) is 0 Å². The summed E-state index contributed by atoms with van der Waals surface area (Å²) in [5, 5.41) is 4.44. The fourth-order valence-electron chi connectivity index (χ4n) is 6.53. The van der Waals surface area contributed by atoms with E-state index in [1.54, 1.807) is 0 Å². The standard InChI is InChI=1S/C43H27N3O/c1-4-13-28(14-5-1)33-21-12-22-38-40(33)37-24-23-31(27-39(37)47-38)32-25-26-36(35-20-11-10-19-34(32)35)43-45-41(29-15-6-2-7-16-29)44-42(46-43)30-17-8-3-9-18-30/h1-27H. The number of aromatic nitrogens is 3. The van der Waals surface area contributed by atoms with Gasteiger partial charge in [0.25, 0.3) is 0 Å². The molecule has 7 aromatic carbocycles. The fraction of sp³-hybridized carbons (Fsp3) is 0. The van der Waals surface area contributed by atoms with Crippen LogP contribution in [0.15, 0.2) is 168 Å². The van der Waals surface area contributed by atoms with Crippen LogP contribution >= 0.6 is 0 Å². The molecule has 0 atom stereocenters. The first-order valence-corrected chi connectivity index (χ1v) is 15.7. The van der Waals surface area contributed by atoms with Crippen LogP contribution < -0.4 is 0 Å². The first-order valence-electron chi connectivity index (χ1n) is 15.7. The average Bonchev–Trinajstić information content (AvgIpc) is 3.53. The Balaban J connectivity index is 1.20. The molecule has 4 nitrogen and oxygen atoms in total. The third kappa shape index (κ3) is 4.75. The molecule has 0 aliphatic rings. The number of fused-ring (bicyclic) bond motifs is 4. The largest absolute Gasteiger partial charge is 0.456 e. The molecule has 0 N–H and O–H groups in total. The van der Waals surface area contributed by atoms with Crippen LogP contribution in [0.1, 0.15) is 0 Å². The van der Waals surface area contributed by atoms with Crippen molar-refractivity contribution in [3.05, 3.63) is 164 Å². The predicted octanol–water partition coefficient (Wildman–Crippen LogP) is 11.3. The van der Waals surface area contributed by atoms with Gasteiger partial charge in [0.05, 0.1) is 0 Å². The molecular weight excluding hydrogens is 574 g/mol. The maximum Gasteiger partial charge on any atom is 0.164 e. The van der Waals surface area contributed by atoms with Gasteiger partial charge in [-0.15, -0.1) is 0 Å². The Morgan fingerprint density at radius 2 is 0.872 bits per heavy atom. The van der Waals surface area contributed by atoms with E-state index < -0.39 is 0 Å². The molecule has 0 radical (unpaired) electrons. The smallest absolute Gasteiger partial charge is 0.164 e. The van der Waals surface area contributed by atoms with Gasteiger partial charge in [-0.25, -0.2) is 15.0 Å². The number of rotatable bonds is 5. The number of nitrogens with zero attached hydrogens (tertiary/aromatic N) is 3.